The number of aromatic nitrogens is 2. The number of pyridine rings is 1. The average molecular weight is 397 g/mol. The van der Waals surface area contributed by atoms with Gasteiger partial charge in [0.1, 0.15) is 12.4 Å². The molecule has 0 spiro atoms. The van der Waals surface area contributed by atoms with Gasteiger partial charge >= 0.3 is 5.97 Å². The second-order valence-electron chi connectivity index (χ2n) is 6.33. The third-order valence-electron chi connectivity index (χ3n) is 4.50. The van der Waals surface area contributed by atoms with Crippen LogP contribution < -0.4 is 4.74 Å². The summed E-state index contributed by atoms with van der Waals surface area (Å²) in [5, 5.41) is 11.7. The van der Waals surface area contributed by atoms with E-state index in [-0.39, 0.29) is 12.3 Å². The van der Waals surface area contributed by atoms with Gasteiger partial charge in [-0.25, -0.2) is 9.78 Å². The molecule has 4 rings (SSSR count). The minimum atomic E-state index is -1.10. The molecule has 0 aliphatic carbocycles. The molecule has 28 heavy (non-hydrogen) atoms. The van der Waals surface area contributed by atoms with Gasteiger partial charge in [-0.15, -0.1) is 0 Å². The van der Waals surface area contributed by atoms with Gasteiger partial charge in [-0.3, -0.25) is 0 Å². The van der Waals surface area contributed by atoms with Crippen LogP contribution in [0.25, 0.3) is 21.8 Å². The van der Waals surface area contributed by atoms with Crippen molar-refractivity contribution >= 4 is 39.4 Å². The van der Waals surface area contributed by atoms with Gasteiger partial charge in [0.25, 0.3) is 0 Å². The number of benzene rings is 2. The molecule has 0 fully saturated rings. The minimum absolute atomic E-state index is 0.0279. The van der Waals surface area contributed by atoms with Gasteiger partial charge in [-0.1, -0.05) is 29.8 Å². The third kappa shape index (κ3) is 3.28. The molecule has 0 bridgehead atoms. The molecule has 2 aromatic heterocycles. The summed E-state index contributed by atoms with van der Waals surface area (Å²) in [7, 11) is 1.52. The smallest absolute Gasteiger partial charge is 0.354 e. The molecule has 0 aliphatic rings. The molecule has 6 nitrogen and oxygen atoms in total. The number of H-pyrrole nitrogens is 1. The zero-order chi connectivity index (χ0) is 19.7. The lowest BCUT2D eigenvalue weighted by atomic mass is 10.1. The van der Waals surface area contributed by atoms with Crippen molar-refractivity contribution in [1.29, 1.82) is 0 Å². The molecular formula is C21H17ClN2O4. The molecule has 0 atom stereocenters. The van der Waals surface area contributed by atoms with Gasteiger partial charge in [0.2, 0.25) is 0 Å². The Balaban J connectivity index is 1.87. The van der Waals surface area contributed by atoms with Crippen LogP contribution in [0.3, 0.4) is 0 Å². The molecule has 4 aromatic rings. The highest BCUT2D eigenvalue weighted by Crippen LogP contribution is 2.36. The average Bonchev–Trinajstić information content (AvgIpc) is 3.06. The molecule has 7 heteroatoms. The number of hydrogen-bond donors (Lipinski definition) is 2. The highest BCUT2D eigenvalue weighted by molar-refractivity contribution is 6.30. The van der Waals surface area contributed by atoms with Crippen molar-refractivity contribution in [2.24, 2.45) is 0 Å². The second-order valence-corrected chi connectivity index (χ2v) is 6.77. The highest BCUT2D eigenvalue weighted by atomic mass is 35.5. The number of aromatic carboxylic acids is 1. The summed E-state index contributed by atoms with van der Waals surface area (Å²) in [5.41, 5.74) is 2.98. The predicted molar refractivity (Wildman–Crippen MR) is 107 cm³/mol. The number of rotatable bonds is 6. The number of carboxylic acids is 1. The first-order valence-corrected chi connectivity index (χ1v) is 8.98. The summed E-state index contributed by atoms with van der Waals surface area (Å²) in [6.45, 7) is 0.463. The molecule has 0 amide bonds. The summed E-state index contributed by atoms with van der Waals surface area (Å²) in [4.78, 5) is 19.0. The third-order valence-corrected chi connectivity index (χ3v) is 4.73. The van der Waals surface area contributed by atoms with E-state index in [9.17, 15) is 9.90 Å². The van der Waals surface area contributed by atoms with Gasteiger partial charge in [-0.2, -0.15) is 0 Å². The number of hydrogen-bond acceptors (Lipinski definition) is 4. The number of halogens is 1. The summed E-state index contributed by atoms with van der Waals surface area (Å²) in [6, 6.07) is 13.1. The van der Waals surface area contributed by atoms with Crippen LogP contribution in [0.15, 0.2) is 48.7 Å². The Labute approximate surface area is 165 Å². The molecule has 142 valence electrons. The van der Waals surface area contributed by atoms with Crippen LogP contribution in [-0.4, -0.2) is 28.2 Å². The Hall–Kier alpha value is -3.09. The first-order valence-electron chi connectivity index (χ1n) is 8.60. The first kappa shape index (κ1) is 18.3. The van der Waals surface area contributed by atoms with Gasteiger partial charge in [-0.05, 0) is 29.8 Å². The van der Waals surface area contributed by atoms with Crippen LogP contribution in [0, 0.1) is 0 Å². The van der Waals surface area contributed by atoms with E-state index in [2.05, 4.69) is 9.97 Å². The normalized spacial score (nSPS) is 11.2. The lowest BCUT2D eigenvalue weighted by molar-refractivity contribution is 0.0685. The fraction of sp³-hybridized carbons (Fsp3) is 0.143. The van der Waals surface area contributed by atoms with Crippen LogP contribution in [0.4, 0.5) is 0 Å². The maximum absolute atomic E-state index is 11.7. The van der Waals surface area contributed by atoms with Crippen molar-refractivity contribution in [2.75, 3.05) is 7.11 Å². The lowest BCUT2D eigenvalue weighted by Gasteiger charge is -2.10. The number of aromatic amines is 1. The topological polar surface area (TPSA) is 84.4 Å². The zero-order valence-corrected chi connectivity index (χ0v) is 15.8. The zero-order valence-electron chi connectivity index (χ0n) is 15.0. The maximum Gasteiger partial charge on any atom is 0.354 e. The van der Waals surface area contributed by atoms with Crippen molar-refractivity contribution in [3.05, 3.63) is 70.5 Å². The van der Waals surface area contributed by atoms with Crippen molar-refractivity contribution in [3.8, 4) is 5.75 Å². The summed E-state index contributed by atoms with van der Waals surface area (Å²) >= 11 is 6.05. The molecule has 0 saturated carbocycles. The van der Waals surface area contributed by atoms with E-state index < -0.39 is 5.97 Å². The quantitative estimate of drug-likeness (QED) is 0.489. The molecule has 0 saturated heterocycles. The van der Waals surface area contributed by atoms with E-state index in [1.165, 1.54) is 13.3 Å². The van der Waals surface area contributed by atoms with E-state index in [0.717, 1.165) is 27.4 Å². The van der Waals surface area contributed by atoms with Crippen molar-refractivity contribution in [1.82, 2.24) is 9.97 Å². The summed E-state index contributed by atoms with van der Waals surface area (Å²) < 4.78 is 11.3. The fourth-order valence-electron chi connectivity index (χ4n) is 3.35. The van der Waals surface area contributed by atoms with Crippen molar-refractivity contribution in [3.63, 3.8) is 0 Å². The van der Waals surface area contributed by atoms with Crippen LogP contribution >= 0.6 is 11.6 Å². The SMILES string of the molecule is COCc1c(C(=O)O)ncc2[nH]c3cccc(OCc4cccc(Cl)c4)c3c12. The Morgan fingerprint density at radius 2 is 1.96 bits per heavy atom. The Bertz CT molecular complexity index is 1190. The Kier molecular flexibility index (Phi) is 4.90. The van der Waals surface area contributed by atoms with Crippen LogP contribution in [0.1, 0.15) is 21.6 Å². The summed E-state index contributed by atoms with van der Waals surface area (Å²) in [5.74, 6) is -0.454. The highest BCUT2D eigenvalue weighted by Gasteiger charge is 2.20. The maximum atomic E-state index is 11.7. The number of nitrogens with one attached hydrogen (secondary N) is 1. The fourth-order valence-corrected chi connectivity index (χ4v) is 3.56. The van der Waals surface area contributed by atoms with Gasteiger partial charge in [0, 0.05) is 28.5 Å². The van der Waals surface area contributed by atoms with E-state index >= 15 is 0 Å². The Morgan fingerprint density at radius 1 is 1.14 bits per heavy atom. The number of ether oxygens (including phenoxy) is 2. The van der Waals surface area contributed by atoms with E-state index in [1.807, 2.05) is 42.5 Å². The van der Waals surface area contributed by atoms with Gasteiger partial charge < -0.3 is 19.6 Å². The lowest BCUT2D eigenvalue weighted by Crippen LogP contribution is -2.07. The van der Waals surface area contributed by atoms with E-state index in [0.29, 0.717) is 22.9 Å². The number of carbonyl (C=O) groups is 1. The van der Waals surface area contributed by atoms with E-state index in [1.54, 1.807) is 0 Å². The van der Waals surface area contributed by atoms with Crippen LogP contribution in [0.5, 0.6) is 5.75 Å². The van der Waals surface area contributed by atoms with Crippen LogP contribution in [-0.2, 0) is 18.0 Å². The summed E-state index contributed by atoms with van der Waals surface area (Å²) in [6.07, 6.45) is 1.53. The van der Waals surface area contributed by atoms with Gasteiger partial charge in [0.05, 0.1) is 23.8 Å². The van der Waals surface area contributed by atoms with E-state index in [4.69, 9.17) is 21.1 Å². The molecule has 0 unspecified atom stereocenters. The molecule has 2 aromatic carbocycles. The molecule has 0 radical (unpaired) electrons. The second kappa shape index (κ2) is 7.50. The number of nitrogens with zero attached hydrogens (tertiary/aromatic N) is 1. The molecular weight excluding hydrogens is 380 g/mol. The first-order chi connectivity index (χ1) is 13.6. The molecule has 2 N–H and O–H groups in total. The number of fused-ring (bicyclic) bond motifs is 3. The van der Waals surface area contributed by atoms with Crippen LogP contribution in [0.2, 0.25) is 5.02 Å². The predicted octanol–water partition coefficient (Wildman–Crippen LogP) is 4.79. The molecule has 0 aliphatic heterocycles. The van der Waals surface area contributed by atoms with Crippen molar-refractivity contribution in [2.45, 2.75) is 13.2 Å². The minimum Gasteiger partial charge on any atom is -0.488 e. The standard InChI is InChI=1S/C21H17ClN2O4/c1-27-11-14-18-16(9-23-20(14)21(25)26)24-15-6-3-7-17(19(15)18)28-10-12-4-2-5-13(22)8-12/h2-9,24H,10-11H2,1H3,(H,25,26). The monoisotopic (exact) mass is 396 g/mol. The number of methoxy groups -OCH3 is 1. The largest absolute Gasteiger partial charge is 0.488 e. The van der Waals surface area contributed by atoms with Crippen molar-refractivity contribution < 1.29 is 19.4 Å². The molecule has 2 heterocycles. The van der Waals surface area contributed by atoms with Gasteiger partial charge in [0.15, 0.2) is 5.69 Å². The number of carboxylic acid groups (broad SMARTS) is 1. The Morgan fingerprint density at radius 3 is 2.71 bits per heavy atom.